The molecule has 3 heterocycles. The van der Waals surface area contributed by atoms with Crippen molar-refractivity contribution in [2.24, 2.45) is 7.05 Å². The highest BCUT2D eigenvalue weighted by molar-refractivity contribution is 6.02. The molecule has 1 aliphatic heterocycles. The summed E-state index contributed by atoms with van der Waals surface area (Å²) in [5.74, 6) is 0.813. The number of aromatic nitrogens is 1. The molecule has 4 heteroatoms. The Hall–Kier alpha value is -4.05. The first-order valence-electron chi connectivity index (χ1n) is 11.2. The third kappa shape index (κ3) is 3.02. The zero-order chi connectivity index (χ0) is 22.5. The molecule has 0 saturated carbocycles. The van der Waals surface area contributed by atoms with Crippen LogP contribution in [0.15, 0.2) is 95.6 Å². The molecule has 33 heavy (non-hydrogen) atoms. The summed E-state index contributed by atoms with van der Waals surface area (Å²) in [6.07, 6.45) is 1.66. The first kappa shape index (κ1) is 19.6. The van der Waals surface area contributed by atoms with Crippen LogP contribution >= 0.6 is 0 Å². The predicted molar refractivity (Wildman–Crippen MR) is 130 cm³/mol. The fraction of sp³-hybridized carbons (Fsp3) is 0.138. The number of hydrogen-bond donors (Lipinski definition) is 0. The number of fused-ring (bicyclic) bond motifs is 2. The Balaban J connectivity index is 1.65. The van der Waals surface area contributed by atoms with Crippen molar-refractivity contribution in [3.05, 3.63) is 119 Å². The fourth-order valence-electron chi connectivity index (χ4n) is 5.17. The molecule has 1 atom stereocenters. The van der Waals surface area contributed by atoms with Gasteiger partial charge in [0.1, 0.15) is 5.76 Å². The van der Waals surface area contributed by atoms with Crippen LogP contribution in [0.1, 0.15) is 38.9 Å². The summed E-state index contributed by atoms with van der Waals surface area (Å²) in [5.41, 5.74) is 7.61. The molecule has 1 aliphatic rings. The quantitative estimate of drug-likeness (QED) is 0.325. The van der Waals surface area contributed by atoms with E-state index in [2.05, 4.69) is 73.1 Å². The Labute approximate surface area is 192 Å². The van der Waals surface area contributed by atoms with Crippen LogP contribution in [0.2, 0.25) is 0 Å². The molecule has 0 fully saturated rings. The summed E-state index contributed by atoms with van der Waals surface area (Å²) in [7, 11) is 2.11. The second-order valence-corrected chi connectivity index (χ2v) is 8.71. The van der Waals surface area contributed by atoms with Gasteiger partial charge in [0.15, 0.2) is 0 Å². The highest BCUT2D eigenvalue weighted by Gasteiger charge is 2.40. The van der Waals surface area contributed by atoms with Crippen molar-refractivity contribution < 1.29 is 9.21 Å². The molecule has 3 aromatic carbocycles. The molecule has 4 nitrogen and oxygen atoms in total. The number of furan rings is 1. The Kier molecular flexibility index (Phi) is 4.47. The van der Waals surface area contributed by atoms with E-state index in [0.29, 0.717) is 6.54 Å². The SMILES string of the molecule is Cc1ccc(-c2c([C@H]3c4ccccc4C(=O)N3Cc3ccco3)c3ccccc3n2C)cc1. The van der Waals surface area contributed by atoms with Gasteiger partial charge in [-0.1, -0.05) is 66.2 Å². The Bertz CT molecular complexity index is 1480. The van der Waals surface area contributed by atoms with Gasteiger partial charge < -0.3 is 13.9 Å². The molecule has 0 spiro atoms. The van der Waals surface area contributed by atoms with E-state index >= 15 is 0 Å². The van der Waals surface area contributed by atoms with Crippen molar-refractivity contribution in [1.29, 1.82) is 0 Å². The number of aryl methyl sites for hydroxylation is 2. The number of carbonyl (C=O) groups is 1. The summed E-state index contributed by atoms with van der Waals surface area (Å²) >= 11 is 0. The van der Waals surface area contributed by atoms with Crippen LogP contribution in [0.25, 0.3) is 22.2 Å². The molecular formula is C29H24N2O2. The molecule has 2 aromatic heterocycles. The average Bonchev–Trinajstić information content (AvgIpc) is 3.52. The summed E-state index contributed by atoms with van der Waals surface area (Å²) in [5, 5.41) is 1.16. The molecule has 1 amide bonds. The lowest BCUT2D eigenvalue weighted by atomic mass is 9.93. The van der Waals surface area contributed by atoms with E-state index in [-0.39, 0.29) is 11.9 Å². The number of nitrogens with zero attached hydrogens (tertiary/aromatic N) is 2. The van der Waals surface area contributed by atoms with E-state index < -0.39 is 0 Å². The van der Waals surface area contributed by atoms with Gasteiger partial charge >= 0.3 is 0 Å². The minimum absolute atomic E-state index is 0.0368. The summed E-state index contributed by atoms with van der Waals surface area (Å²) in [6, 6.07) is 28.7. The largest absolute Gasteiger partial charge is 0.467 e. The van der Waals surface area contributed by atoms with Crippen LogP contribution in [0, 0.1) is 6.92 Å². The molecule has 5 aromatic rings. The lowest BCUT2D eigenvalue weighted by Crippen LogP contribution is -2.28. The molecule has 0 radical (unpaired) electrons. The monoisotopic (exact) mass is 432 g/mol. The average molecular weight is 433 g/mol. The van der Waals surface area contributed by atoms with Gasteiger partial charge in [-0.3, -0.25) is 4.79 Å². The van der Waals surface area contributed by atoms with Crippen LogP contribution in [0.4, 0.5) is 0 Å². The van der Waals surface area contributed by atoms with Crippen molar-refractivity contribution in [3.8, 4) is 11.3 Å². The Morgan fingerprint density at radius 3 is 2.42 bits per heavy atom. The second-order valence-electron chi connectivity index (χ2n) is 8.71. The van der Waals surface area contributed by atoms with E-state index in [4.69, 9.17) is 4.42 Å². The number of rotatable bonds is 4. The molecular weight excluding hydrogens is 408 g/mol. The smallest absolute Gasteiger partial charge is 0.255 e. The standard InChI is InChI=1S/C29H24N2O2/c1-19-13-15-20(16-14-19)27-26(24-11-5-6-12-25(24)30(27)2)28-22-9-3-4-10-23(22)29(32)31(28)18-21-8-7-17-33-21/h3-17,28H,18H2,1-2H3/t28-/m1/s1. The number of benzene rings is 3. The summed E-state index contributed by atoms with van der Waals surface area (Å²) < 4.78 is 7.90. The zero-order valence-electron chi connectivity index (χ0n) is 18.7. The minimum Gasteiger partial charge on any atom is -0.467 e. The summed E-state index contributed by atoms with van der Waals surface area (Å²) in [4.78, 5) is 15.6. The number of carbonyl (C=O) groups excluding carboxylic acids is 1. The van der Waals surface area contributed by atoms with Crippen LogP contribution in [-0.4, -0.2) is 15.4 Å². The molecule has 0 aliphatic carbocycles. The predicted octanol–water partition coefficient (Wildman–Crippen LogP) is 6.49. The van der Waals surface area contributed by atoms with Gasteiger partial charge in [-0.15, -0.1) is 0 Å². The fourth-order valence-corrected chi connectivity index (χ4v) is 5.17. The highest BCUT2D eigenvalue weighted by Crippen LogP contribution is 2.47. The molecule has 0 bridgehead atoms. The van der Waals surface area contributed by atoms with Crippen LogP contribution < -0.4 is 0 Å². The van der Waals surface area contributed by atoms with E-state index in [9.17, 15) is 4.79 Å². The highest BCUT2D eigenvalue weighted by atomic mass is 16.3. The van der Waals surface area contributed by atoms with Gasteiger partial charge in [0.05, 0.1) is 24.5 Å². The second kappa shape index (κ2) is 7.52. The first-order valence-corrected chi connectivity index (χ1v) is 11.2. The lowest BCUT2D eigenvalue weighted by Gasteiger charge is -2.26. The third-order valence-corrected chi connectivity index (χ3v) is 6.71. The number of hydrogen-bond acceptors (Lipinski definition) is 2. The minimum atomic E-state index is -0.207. The van der Waals surface area contributed by atoms with Crippen molar-refractivity contribution in [2.45, 2.75) is 19.5 Å². The van der Waals surface area contributed by atoms with E-state index in [1.807, 2.05) is 35.2 Å². The molecule has 6 rings (SSSR count). The van der Waals surface area contributed by atoms with Crippen LogP contribution in [0.5, 0.6) is 0 Å². The molecule has 162 valence electrons. The third-order valence-electron chi connectivity index (χ3n) is 6.71. The van der Waals surface area contributed by atoms with Crippen molar-refractivity contribution in [2.75, 3.05) is 0 Å². The van der Waals surface area contributed by atoms with E-state index in [0.717, 1.165) is 44.6 Å². The summed E-state index contributed by atoms with van der Waals surface area (Å²) in [6.45, 7) is 2.52. The normalized spacial score (nSPS) is 15.4. The molecule has 0 N–H and O–H groups in total. The lowest BCUT2D eigenvalue weighted by molar-refractivity contribution is 0.0724. The zero-order valence-corrected chi connectivity index (χ0v) is 18.7. The van der Waals surface area contributed by atoms with E-state index in [1.54, 1.807) is 6.26 Å². The maximum Gasteiger partial charge on any atom is 0.255 e. The first-order chi connectivity index (χ1) is 16.1. The van der Waals surface area contributed by atoms with Gasteiger partial charge in [0.25, 0.3) is 5.91 Å². The molecule has 0 unspecified atom stereocenters. The van der Waals surface area contributed by atoms with E-state index in [1.165, 1.54) is 5.56 Å². The van der Waals surface area contributed by atoms with Crippen LogP contribution in [-0.2, 0) is 13.6 Å². The maximum absolute atomic E-state index is 13.6. The van der Waals surface area contributed by atoms with Gasteiger partial charge in [0, 0.05) is 29.1 Å². The van der Waals surface area contributed by atoms with Gasteiger partial charge in [0.2, 0.25) is 0 Å². The Morgan fingerprint density at radius 1 is 0.879 bits per heavy atom. The van der Waals surface area contributed by atoms with Gasteiger partial charge in [-0.05, 0) is 42.3 Å². The van der Waals surface area contributed by atoms with Crippen molar-refractivity contribution in [3.63, 3.8) is 0 Å². The van der Waals surface area contributed by atoms with Gasteiger partial charge in [-0.2, -0.15) is 0 Å². The Morgan fingerprint density at radius 2 is 1.64 bits per heavy atom. The maximum atomic E-state index is 13.6. The number of amides is 1. The van der Waals surface area contributed by atoms with Crippen molar-refractivity contribution in [1.82, 2.24) is 9.47 Å². The topological polar surface area (TPSA) is 38.4 Å². The van der Waals surface area contributed by atoms with Crippen LogP contribution in [0.3, 0.4) is 0 Å². The number of para-hydroxylation sites is 1. The molecule has 0 saturated heterocycles. The van der Waals surface area contributed by atoms with Gasteiger partial charge in [-0.25, -0.2) is 0 Å². The van der Waals surface area contributed by atoms with Crippen molar-refractivity contribution >= 4 is 16.8 Å².